The van der Waals surface area contributed by atoms with Gasteiger partial charge in [0.05, 0.1) is 17.2 Å². The molecule has 30 heavy (non-hydrogen) atoms. The van der Waals surface area contributed by atoms with Crippen LogP contribution in [0.2, 0.25) is 0 Å². The maximum atomic E-state index is 13.5. The van der Waals surface area contributed by atoms with Gasteiger partial charge in [-0.05, 0) is 35.2 Å². The molecule has 4 rings (SSSR count). The van der Waals surface area contributed by atoms with Gasteiger partial charge in [-0.2, -0.15) is 4.57 Å². The van der Waals surface area contributed by atoms with Gasteiger partial charge in [0.1, 0.15) is 21.0 Å². The quantitative estimate of drug-likeness (QED) is 0.295. The molecule has 0 aliphatic carbocycles. The Hall–Kier alpha value is -2.33. The van der Waals surface area contributed by atoms with Crippen LogP contribution in [0.5, 0.6) is 5.75 Å². The molecule has 0 aliphatic heterocycles. The molecule has 0 atom stereocenters. The largest absolute Gasteiger partial charge is 0.748 e. The Morgan fingerprint density at radius 1 is 1.23 bits per heavy atom. The lowest BCUT2D eigenvalue weighted by Gasteiger charge is -2.05. The van der Waals surface area contributed by atoms with E-state index in [2.05, 4.69) is 0 Å². The average molecular weight is 464 g/mol. The molecule has 2 heterocycles. The molecule has 2 aromatic carbocycles. The number of aryl methyl sites for hydroxylation is 1. The molecule has 0 amide bonds. The molecule has 0 saturated carbocycles. The Balaban J connectivity index is 1.84. The highest BCUT2D eigenvalue weighted by Gasteiger charge is 2.24. The SMILES string of the molecule is COc1cc2sc(/C=C/c3cccc(F)c3)[n+](CCCS(=O)(=O)[O-])c2c2sccc12. The van der Waals surface area contributed by atoms with Crippen LogP contribution in [-0.2, 0) is 16.7 Å². The van der Waals surface area contributed by atoms with Crippen LogP contribution in [0.15, 0.2) is 41.8 Å². The summed E-state index contributed by atoms with van der Waals surface area (Å²) in [5, 5.41) is 3.85. The van der Waals surface area contributed by atoms with Gasteiger partial charge < -0.3 is 9.29 Å². The number of thiazole rings is 1. The molecule has 0 bridgehead atoms. The van der Waals surface area contributed by atoms with Crippen molar-refractivity contribution in [2.24, 2.45) is 0 Å². The molecular weight excluding hydrogens is 445 g/mol. The van der Waals surface area contributed by atoms with Gasteiger partial charge in [0.2, 0.25) is 5.52 Å². The van der Waals surface area contributed by atoms with Gasteiger partial charge in [-0.25, -0.2) is 12.8 Å². The third-order valence-corrected chi connectivity index (χ3v) is 7.46. The van der Waals surface area contributed by atoms with Crippen LogP contribution in [0.25, 0.3) is 32.5 Å². The first kappa shape index (κ1) is 20.9. The molecule has 156 valence electrons. The van der Waals surface area contributed by atoms with Crippen LogP contribution in [0.1, 0.15) is 17.0 Å². The third kappa shape index (κ3) is 4.39. The number of methoxy groups -OCH3 is 1. The molecule has 9 heteroatoms. The Morgan fingerprint density at radius 3 is 2.80 bits per heavy atom. The number of halogens is 1. The van der Waals surface area contributed by atoms with Crippen LogP contribution in [0.4, 0.5) is 4.39 Å². The second-order valence-corrected chi connectivity index (χ2v) is 10.2. The molecule has 5 nitrogen and oxygen atoms in total. The van der Waals surface area contributed by atoms with Crippen LogP contribution in [0.3, 0.4) is 0 Å². The van der Waals surface area contributed by atoms with Crippen molar-refractivity contribution in [2.45, 2.75) is 13.0 Å². The van der Waals surface area contributed by atoms with E-state index in [4.69, 9.17) is 4.74 Å². The highest BCUT2D eigenvalue weighted by molar-refractivity contribution is 7.85. The van der Waals surface area contributed by atoms with Gasteiger partial charge in [-0.1, -0.05) is 23.5 Å². The minimum Gasteiger partial charge on any atom is -0.748 e. The van der Waals surface area contributed by atoms with Gasteiger partial charge in [-0.3, -0.25) is 0 Å². The van der Waals surface area contributed by atoms with Crippen molar-refractivity contribution >= 4 is 65.2 Å². The van der Waals surface area contributed by atoms with E-state index in [9.17, 15) is 17.4 Å². The molecule has 0 saturated heterocycles. The summed E-state index contributed by atoms with van der Waals surface area (Å²) in [6.45, 7) is 0.379. The van der Waals surface area contributed by atoms with Gasteiger partial charge in [0, 0.05) is 29.7 Å². The van der Waals surface area contributed by atoms with Crippen LogP contribution >= 0.6 is 22.7 Å². The van der Waals surface area contributed by atoms with Crippen molar-refractivity contribution < 1.29 is 26.7 Å². The zero-order chi connectivity index (χ0) is 21.3. The summed E-state index contributed by atoms with van der Waals surface area (Å²) in [6.07, 6.45) is 3.91. The lowest BCUT2D eigenvalue weighted by Crippen LogP contribution is -2.36. The zero-order valence-corrected chi connectivity index (χ0v) is 18.4. The fourth-order valence-electron chi connectivity index (χ4n) is 3.37. The number of aromatic nitrogens is 1. The molecule has 0 fully saturated rings. The van der Waals surface area contributed by atoms with E-state index in [1.54, 1.807) is 24.5 Å². The summed E-state index contributed by atoms with van der Waals surface area (Å²) in [6, 6.07) is 10.2. The van der Waals surface area contributed by atoms with Crippen molar-refractivity contribution in [3.63, 3.8) is 0 Å². The topological polar surface area (TPSA) is 70.3 Å². The van der Waals surface area contributed by atoms with E-state index in [-0.39, 0.29) is 12.2 Å². The summed E-state index contributed by atoms with van der Waals surface area (Å²) < 4.78 is 56.3. The molecule has 0 N–H and O–H groups in total. The van der Waals surface area contributed by atoms with Gasteiger partial charge in [0.25, 0.3) is 5.01 Å². The number of thiophene rings is 1. The summed E-state index contributed by atoms with van der Waals surface area (Å²) in [7, 11) is -2.65. The number of hydrogen-bond acceptors (Lipinski definition) is 6. The average Bonchev–Trinajstić information content (AvgIpc) is 3.29. The van der Waals surface area contributed by atoms with Crippen LogP contribution in [0, 0.1) is 5.82 Å². The molecule has 4 aromatic rings. The van der Waals surface area contributed by atoms with E-state index in [0.717, 1.165) is 36.6 Å². The summed E-state index contributed by atoms with van der Waals surface area (Å²) in [5.74, 6) is 0.0377. The number of nitrogens with zero attached hydrogens (tertiary/aromatic N) is 1. The van der Waals surface area contributed by atoms with Crippen molar-refractivity contribution in [3.05, 3.63) is 58.2 Å². The second-order valence-electron chi connectivity index (χ2n) is 6.68. The number of hydrogen-bond donors (Lipinski definition) is 0. The van der Waals surface area contributed by atoms with Crippen molar-refractivity contribution in [1.82, 2.24) is 0 Å². The highest BCUT2D eigenvalue weighted by Crippen LogP contribution is 2.38. The fourth-order valence-corrected chi connectivity index (χ4v) is 6.01. The smallest absolute Gasteiger partial charge is 0.262 e. The Labute approximate surface area is 181 Å². The van der Waals surface area contributed by atoms with Crippen molar-refractivity contribution in [1.29, 1.82) is 0 Å². The van der Waals surface area contributed by atoms with Gasteiger partial charge in [-0.15, -0.1) is 11.3 Å². The van der Waals surface area contributed by atoms with E-state index in [1.807, 2.05) is 40.3 Å². The number of ether oxygens (including phenoxy) is 1. The summed E-state index contributed by atoms with van der Waals surface area (Å²) in [4.78, 5) is 0. The minimum atomic E-state index is -4.28. The number of fused-ring (bicyclic) bond motifs is 3. The molecule has 0 spiro atoms. The first-order valence-corrected chi connectivity index (χ1v) is 12.4. The Kier molecular flexibility index (Phi) is 5.88. The van der Waals surface area contributed by atoms with Crippen LogP contribution < -0.4 is 9.30 Å². The predicted octanol–water partition coefficient (Wildman–Crippen LogP) is 4.66. The summed E-state index contributed by atoms with van der Waals surface area (Å²) in [5.41, 5.74) is 1.70. The Morgan fingerprint density at radius 2 is 2.07 bits per heavy atom. The zero-order valence-electron chi connectivity index (χ0n) is 16.0. The predicted molar refractivity (Wildman–Crippen MR) is 118 cm³/mol. The molecular formula is C21H18FNO4S3. The maximum Gasteiger partial charge on any atom is 0.262 e. The molecule has 2 aromatic heterocycles. The third-order valence-electron chi connectivity index (χ3n) is 4.65. The number of rotatable bonds is 7. The molecule has 0 radical (unpaired) electrons. The van der Waals surface area contributed by atoms with Crippen molar-refractivity contribution in [3.8, 4) is 5.75 Å². The standard InChI is InChI=1S/C21H18FNO4S3/c1-27-17-13-18-20(21-16(17)8-10-28-21)23(9-3-11-30(24,25)26)19(29-18)7-6-14-4-2-5-15(22)12-14/h2,4-8,10,12-13H,3,9,11H2,1H3/b7-6+. The first-order valence-electron chi connectivity index (χ1n) is 9.13. The van der Waals surface area contributed by atoms with Gasteiger partial charge >= 0.3 is 0 Å². The lowest BCUT2D eigenvalue weighted by atomic mass is 10.2. The van der Waals surface area contributed by atoms with E-state index in [0.29, 0.717) is 6.54 Å². The van der Waals surface area contributed by atoms with E-state index in [1.165, 1.54) is 23.5 Å². The molecule has 0 aliphatic rings. The van der Waals surface area contributed by atoms with E-state index < -0.39 is 15.9 Å². The highest BCUT2D eigenvalue weighted by atomic mass is 32.2. The van der Waals surface area contributed by atoms with Crippen LogP contribution in [-0.4, -0.2) is 25.8 Å². The first-order chi connectivity index (χ1) is 14.4. The monoisotopic (exact) mass is 463 g/mol. The Bertz CT molecular complexity index is 1360. The fraction of sp³-hybridized carbons (Fsp3) is 0.190. The van der Waals surface area contributed by atoms with E-state index >= 15 is 0 Å². The lowest BCUT2D eigenvalue weighted by molar-refractivity contribution is -0.667. The minimum absolute atomic E-state index is 0.210. The maximum absolute atomic E-state index is 13.5. The second kappa shape index (κ2) is 8.43. The number of benzene rings is 2. The van der Waals surface area contributed by atoms with Gasteiger partial charge in [0.15, 0.2) is 6.54 Å². The normalized spacial score (nSPS) is 12.4. The van der Waals surface area contributed by atoms with Crippen molar-refractivity contribution in [2.75, 3.05) is 12.9 Å². The summed E-state index contributed by atoms with van der Waals surface area (Å²) >= 11 is 3.12. The molecule has 0 unspecified atom stereocenters.